The van der Waals surface area contributed by atoms with E-state index in [1.165, 1.54) is 24.4 Å². The maximum atomic E-state index is 4.59. The minimum absolute atomic E-state index is 0.541. The molecule has 0 radical (unpaired) electrons. The Kier molecular flexibility index (Phi) is 4.11. The number of nitrogens with one attached hydrogen (secondary N) is 1. The molecule has 0 amide bonds. The second-order valence-electron chi connectivity index (χ2n) is 5.26. The molecule has 16 heavy (non-hydrogen) atoms. The van der Waals surface area contributed by atoms with Gasteiger partial charge in [0.05, 0.1) is 6.54 Å². The summed E-state index contributed by atoms with van der Waals surface area (Å²) in [6.07, 6.45) is 6.25. The van der Waals surface area contributed by atoms with Crippen molar-refractivity contribution in [1.29, 1.82) is 0 Å². The normalized spacial score (nSPS) is 27.0. The van der Waals surface area contributed by atoms with Gasteiger partial charge in [0.2, 0.25) is 0 Å². The second-order valence-corrected chi connectivity index (χ2v) is 7.82. The summed E-state index contributed by atoms with van der Waals surface area (Å²) in [5, 5.41) is 5.43. The van der Waals surface area contributed by atoms with E-state index in [-0.39, 0.29) is 0 Å². The van der Waals surface area contributed by atoms with Crippen molar-refractivity contribution in [1.82, 2.24) is 5.32 Å². The van der Waals surface area contributed by atoms with Crippen LogP contribution in [0.3, 0.4) is 0 Å². The molecule has 1 unspecified atom stereocenters. The van der Waals surface area contributed by atoms with Crippen LogP contribution in [0.5, 0.6) is 0 Å². The number of hydrogen-bond acceptors (Lipinski definition) is 4. The summed E-state index contributed by atoms with van der Waals surface area (Å²) in [5.74, 6) is 0.785. The smallest absolute Gasteiger partial charge is 0.156 e. The van der Waals surface area contributed by atoms with Gasteiger partial charge in [-0.3, -0.25) is 4.99 Å². The van der Waals surface area contributed by atoms with E-state index in [1.54, 1.807) is 0 Å². The standard InChI is InChI=1S/C12H22N2S2/c1-9(2)6-10-7-13-11(16-10)14-8-12(15-3)4-5-12/h9-10H,4-8H2,1-3H3,(H,13,14). The largest absolute Gasteiger partial charge is 0.364 e. The summed E-state index contributed by atoms with van der Waals surface area (Å²) in [6.45, 7) is 6.70. The zero-order chi connectivity index (χ0) is 11.6. The number of rotatable bonds is 5. The molecule has 0 bridgehead atoms. The summed E-state index contributed by atoms with van der Waals surface area (Å²) in [4.78, 5) is 4.59. The van der Waals surface area contributed by atoms with E-state index >= 15 is 0 Å². The molecule has 1 aliphatic heterocycles. The lowest BCUT2D eigenvalue weighted by Gasteiger charge is -2.14. The number of amidine groups is 1. The van der Waals surface area contributed by atoms with Crippen molar-refractivity contribution in [2.24, 2.45) is 10.9 Å². The zero-order valence-corrected chi connectivity index (χ0v) is 12.1. The molecule has 1 heterocycles. The fourth-order valence-electron chi connectivity index (χ4n) is 1.99. The molecule has 1 N–H and O–H groups in total. The lowest BCUT2D eigenvalue weighted by Crippen LogP contribution is -2.29. The zero-order valence-electron chi connectivity index (χ0n) is 10.5. The molecular weight excluding hydrogens is 236 g/mol. The number of hydrogen-bond donors (Lipinski definition) is 1. The molecule has 1 fully saturated rings. The Balaban J connectivity index is 1.68. The minimum Gasteiger partial charge on any atom is -0.364 e. The maximum absolute atomic E-state index is 4.59. The van der Waals surface area contributed by atoms with E-state index < -0.39 is 0 Å². The summed E-state index contributed by atoms with van der Waals surface area (Å²) in [7, 11) is 0. The molecule has 1 atom stereocenters. The highest BCUT2D eigenvalue weighted by Gasteiger charge is 2.42. The Morgan fingerprint density at radius 2 is 2.31 bits per heavy atom. The van der Waals surface area contributed by atoms with Gasteiger partial charge in [-0.25, -0.2) is 0 Å². The SMILES string of the molecule is CSC1(CNC2=NCC(CC(C)C)S2)CC1. The number of aliphatic imine (C=N–C) groups is 1. The molecule has 1 saturated carbocycles. The summed E-state index contributed by atoms with van der Waals surface area (Å²) in [6, 6.07) is 0. The second kappa shape index (κ2) is 5.21. The van der Waals surface area contributed by atoms with E-state index in [2.05, 4.69) is 30.4 Å². The first-order chi connectivity index (χ1) is 7.63. The van der Waals surface area contributed by atoms with Gasteiger partial charge in [0.25, 0.3) is 0 Å². The lowest BCUT2D eigenvalue weighted by atomic mass is 10.1. The number of thioether (sulfide) groups is 2. The quantitative estimate of drug-likeness (QED) is 0.820. The van der Waals surface area contributed by atoms with Crippen molar-refractivity contribution in [2.45, 2.75) is 43.1 Å². The van der Waals surface area contributed by atoms with E-state index in [1.807, 2.05) is 23.5 Å². The van der Waals surface area contributed by atoms with Crippen LogP contribution in [0.1, 0.15) is 33.1 Å². The van der Waals surface area contributed by atoms with Gasteiger partial charge in [-0.05, 0) is 31.4 Å². The summed E-state index contributed by atoms with van der Waals surface area (Å²) >= 11 is 3.95. The van der Waals surface area contributed by atoms with Crippen LogP contribution < -0.4 is 5.32 Å². The third kappa shape index (κ3) is 3.33. The first-order valence-electron chi connectivity index (χ1n) is 6.14. The van der Waals surface area contributed by atoms with Crippen LogP contribution in [0.4, 0.5) is 0 Å². The van der Waals surface area contributed by atoms with E-state index in [9.17, 15) is 0 Å². The van der Waals surface area contributed by atoms with Crippen LogP contribution in [-0.2, 0) is 0 Å². The van der Waals surface area contributed by atoms with Gasteiger partial charge in [0.1, 0.15) is 0 Å². The van der Waals surface area contributed by atoms with Crippen molar-refractivity contribution in [3.63, 3.8) is 0 Å². The maximum Gasteiger partial charge on any atom is 0.156 e. The third-order valence-corrected chi connectivity index (χ3v) is 5.84. The molecular formula is C12H22N2S2. The fraction of sp³-hybridized carbons (Fsp3) is 0.917. The lowest BCUT2D eigenvalue weighted by molar-refractivity contribution is 0.575. The first-order valence-corrected chi connectivity index (χ1v) is 8.24. The molecule has 1 aliphatic carbocycles. The fourth-order valence-corrected chi connectivity index (χ4v) is 3.97. The predicted molar refractivity (Wildman–Crippen MR) is 76.6 cm³/mol. The van der Waals surface area contributed by atoms with E-state index in [0.717, 1.165) is 19.0 Å². The summed E-state index contributed by atoms with van der Waals surface area (Å²) < 4.78 is 0.541. The van der Waals surface area contributed by atoms with Gasteiger partial charge in [-0.15, -0.1) is 0 Å². The highest BCUT2D eigenvalue weighted by molar-refractivity contribution is 8.14. The van der Waals surface area contributed by atoms with Crippen LogP contribution in [0.25, 0.3) is 0 Å². The van der Waals surface area contributed by atoms with Gasteiger partial charge >= 0.3 is 0 Å². The van der Waals surface area contributed by atoms with Crippen molar-refractivity contribution in [2.75, 3.05) is 19.3 Å². The molecule has 92 valence electrons. The van der Waals surface area contributed by atoms with Crippen molar-refractivity contribution in [3.8, 4) is 0 Å². The van der Waals surface area contributed by atoms with Crippen LogP contribution in [-0.4, -0.2) is 34.5 Å². The van der Waals surface area contributed by atoms with Gasteiger partial charge < -0.3 is 5.32 Å². The molecule has 2 rings (SSSR count). The predicted octanol–water partition coefficient (Wildman–Crippen LogP) is 2.99. The molecule has 4 heteroatoms. The topological polar surface area (TPSA) is 24.4 Å². The van der Waals surface area contributed by atoms with Gasteiger partial charge in [0.15, 0.2) is 5.17 Å². The van der Waals surface area contributed by atoms with Gasteiger partial charge in [0, 0.05) is 16.5 Å². The average molecular weight is 258 g/mol. The number of nitrogens with zero attached hydrogens (tertiary/aromatic N) is 1. The Bertz CT molecular complexity index is 272. The third-order valence-electron chi connectivity index (χ3n) is 3.25. The van der Waals surface area contributed by atoms with E-state index in [0.29, 0.717) is 10.00 Å². The van der Waals surface area contributed by atoms with Gasteiger partial charge in [-0.2, -0.15) is 11.8 Å². The van der Waals surface area contributed by atoms with Crippen LogP contribution in [0.15, 0.2) is 4.99 Å². The van der Waals surface area contributed by atoms with E-state index in [4.69, 9.17) is 0 Å². The van der Waals surface area contributed by atoms with Crippen molar-refractivity contribution >= 4 is 28.7 Å². The molecule has 0 spiro atoms. The van der Waals surface area contributed by atoms with Crippen LogP contribution >= 0.6 is 23.5 Å². The Hall–Kier alpha value is 0.170. The van der Waals surface area contributed by atoms with Crippen molar-refractivity contribution < 1.29 is 0 Å². The molecule has 0 aromatic heterocycles. The molecule has 2 nitrogen and oxygen atoms in total. The first kappa shape index (κ1) is 12.6. The van der Waals surface area contributed by atoms with Crippen LogP contribution in [0.2, 0.25) is 0 Å². The molecule has 0 saturated heterocycles. The highest BCUT2D eigenvalue weighted by Crippen LogP contribution is 2.46. The van der Waals surface area contributed by atoms with Crippen molar-refractivity contribution in [3.05, 3.63) is 0 Å². The molecule has 0 aromatic rings. The van der Waals surface area contributed by atoms with Gasteiger partial charge in [-0.1, -0.05) is 25.6 Å². The average Bonchev–Trinajstić information content (AvgIpc) is 2.90. The highest BCUT2D eigenvalue weighted by atomic mass is 32.2. The Labute approximate surface area is 107 Å². The molecule has 0 aromatic carbocycles. The Morgan fingerprint density at radius 3 is 2.88 bits per heavy atom. The minimum atomic E-state index is 0.541. The summed E-state index contributed by atoms with van der Waals surface area (Å²) in [5.41, 5.74) is 0. The van der Waals surface area contributed by atoms with Crippen LogP contribution in [0, 0.1) is 5.92 Å². The Morgan fingerprint density at radius 1 is 1.56 bits per heavy atom. The monoisotopic (exact) mass is 258 g/mol. The molecule has 2 aliphatic rings.